The standard InChI is InChI=1S/C32H32ClFN4O5S/c33-25-15-21(26(34)17-27(25)36-30(40)24-18-44-28-6-2-1-5-23(24)28)16-29(39)32(37-12-3-4-13-37,38-14-11-35-19-38)43-22-9-7-20(8-10-22)31(41)42/h1-2,5-6,11,14-15,17-20,22H,3-4,7-10,12-13,16H2,(H,36,40)(H,41,42)/t20-,22-,32?. The van der Waals surface area contributed by atoms with Gasteiger partial charge in [-0.15, -0.1) is 11.3 Å². The van der Waals surface area contributed by atoms with Crippen molar-refractivity contribution >= 4 is 56.4 Å². The van der Waals surface area contributed by atoms with Crippen LogP contribution in [-0.2, 0) is 26.6 Å². The first-order chi connectivity index (χ1) is 21.3. The van der Waals surface area contributed by atoms with Crippen LogP contribution in [0.2, 0.25) is 5.02 Å². The number of nitrogens with one attached hydrogen (secondary N) is 1. The summed E-state index contributed by atoms with van der Waals surface area (Å²) >= 11 is 7.99. The molecule has 9 nitrogen and oxygen atoms in total. The quantitative estimate of drug-likeness (QED) is 0.209. The van der Waals surface area contributed by atoms with Gasteiger partial charge in [0.15, 0.2) is 0 Å². The second-order valence-corrected chi connectivity index (χ2v) is 12.6. The van der Waals surface area contributed by atoms with Gasteiger partial charge in [0.2, 0.25) is 5.78 Å². The number of thiophene rings is 1. The molecule has 1 atom stereocenters. The van der Waals surface area contributed by atoms with Gasteiger partial charge >= 0.3 is 5.97 Å². The number of imidazole rings is 1. The van der Waals surface area contributed by atoms with Crippen LogP contribution in [0.15, 0.2) is 60.5 Å². The monoisotopic (exact) mass is 638 g/mol. The maximum atomic E-state index is 15.6. The molecule has 4 aromatic rings. The predicted molar refractivity (Wildman–Crippen MR) is 165 cm³/mol. The molecule has 6 rings (SSSR count). The van der Waals surface area contributed by atoms with E-state index in [1.54, 1.807) is 22.3 Å². The molecule has 44 heavy (non-hydrogen) atoms. The van der Waals surface area contributed by atoms with Gasteiger partial charge in [0.05, 0.1) is 34.6 Å². The van der Waals surface area contributed by atoms with Crippen molar-refractivity contribution in [2.75, 3.05) is 18.4 Å². The number of hydrogen-bond donors (Lipinski definition) is 2. The maximum absolute atomic E-state index is 15.6. The third-order valence-electron chi connectivity index (χ3n) is 8.57. The van der Waals surface area contributed by atoms with Gasteiger partial charge in [-0.05, 0) is 62.3 Å². The Morgan fingerprint density at radius 2 is 1.89 bits per heavy atom. The summed E-state index contributed by atoms with van der Waals surface area (Å²) in [5, 5.41) is 14.8. The molecular formula is C32H32ClFN4O5S. The molecule has 1 saturated carbocycles. The van der Waals surface area contributed by atoms with Crippen LogP contribution >= 0.6 is 22.9 Å². The zero-order chi connectivity index (χ0) is 30.8. The first-order valence-electron chi connectivity index (χ1n) is 14.7. The Balaban J connectivity index is 1.27. The van der Waals surface area contributed by atoms with Gasteiger partial charge in [-0.3, -0.25) is 23.9 Å². The van der Waals surface area contributed by atoms with Crippen molar-refractivity contribution in [1.82, 2.24) is 14.5 Å². The number of rotatable bonds is 10. The molecule has 1 saturated heterocycles. The number of halogens is 2. The van der Waals surface area contributed by atoms with Crippen LogP contribution < -0.4 is 5.32 Å². The second-order valence-electron chi connectivity index (χ2n) is 11.3. The van der Waals surface area contributed by atoms with Crippen molar-refractivity contribution in [2.45, 2.75) is 56.9 Å². The fraction of sp³-hybridized carbons (Fsp3) is 0.375. The van der Waals surface area contributed by atoms with Gasteiger partial charge in [-0.25, -0.2) is 9.37 Å². The van der Waals surface area contributed by atoms with Crippen LogP contribution in [0.4, 0.5) is 10.1 Å². The van der Waals surface area contributed by atoms with Crippen LogP contribution in [0.1, 0.15) is 54.4 Å². The number of nitrogens with zero attached hydrogens (tertiary/aromatic N) is 3. The van der Waals surface area contributed by atoms with Gasteiger partial charge in [0.25, 0.3) is 11.8 Å². The van der Waals surface area contributed by atoms with E-state index in [0.717, 1.165) is 29.0 Å². The molecule has 230 valence electrons. The molecule has 12 heteroatoms. The number of amides is 1. The largest absolute Gasteiger partial charge is 0.481 e. The summed E-state index contributed by atoms with van der Waals surface area (Å²) in [6.45, 7) is 1.19. The molecule has 0 radical (unpaired) electrons. The topological polar surface area (TPSA) is 114 Å². The highest BCUT2D eigenvalue weighted by Gasteiger charge is 2.50. The van der Waals surface area contributed by atoms with Crippen LogP contribution in [0, 0.1) is 11.7 Å². The number of carbonyl (C=O) groups is 3. The lowest BCUT2D eigenvalue weighted by Gasteiger charge is -2.44. The van der Waals surface area contributed by atoms with Crippen LogP contribution in [0.25, 0.3) is 10.1 Å². The second kappa shape index (κ2) is 12.8. The number of ketones is 1. The summed E-state index contributed by atoms with van der Waals surface area (Å²) < 4.78 is 24.9. The number of Topliss-reactive ketones (excluding diaryl/α,β-unsaturated/α-hetero) is 1. The molecule has 2 aromatic carbocycles. The lowest BCUT2D eigenvalue weighted by Crippen LogP contribution is -2.59. The number of carboxylic acids is 1. The average molecular weight is 639 g/mol. The first kappa shape index (κ1) is 30.4. The van der Waals surface area contributed by atoms with E-state index in [9.17, 15) is 19.5 Å². The average Bonchev–Trinajstić information content (AvgIpc) is 3.81. The molecule has 0 bridgehead atoms. The number of anilines is 1. The number of aromatic nitrogens is 2. The summed E-state index contributed by atoms with van der Waals surface area (Å²) in [5.41, 5.74) is 0.639. The number of ether oxygens (including phenoxy) is 1. The number of benzene rings is 2. The number of aliphatic carboxylic acids is 1. The van der Waals surface area contributed by atoms with E-state index in [2.05, 4.69) is 10.3 Å². The van der Waals surface area contributed by atoms with E-state index in [1.807, 2.05) is 29.2 Å². The third-order valence-corrected chi connectivity index (χ3v) is 9.84. The molecule has 2 fully saturated rings. The van der Waals surface area contributed by atoms with Crippen LogP contribution in [0.3, 0.4) is 0 Å². The van der Waals surface area contributed by atoms with Crippen molar-refractivity contribution in [3.63, 3.8) is 0 Å². The van der Waals surface area contributed by atoms with Crippen molar-refractivity contribution in [3.05, 3.63) is 82.5 Å². The highest BCUT2D eigenvalue weighted by atomic mass is 35.5. The number of carboxylic acid groups (broad SMARTS) is 1. The minimum atomic E-state index is -1.58. The Bertz CT molecular complexity index is 1680. The van der Waals surface area contributed by atoms with Crippen LogP contribution in [-0.4, -0.2) is 56.4 Å². The van der Waals surface area contributed by atoms with E-state index in [0.29, 0.717) is 44.3 Å². The molecule has 2 N–H and O–H groups in total. The highest BCUT2D eigenvalue weighted by Crippen LogP contribution is 2.37. The lowest BCUT2D eigenvalue weighted by atomic mass is 9.87. The van der Waals surface area contributed by atoms with Gasteiger partial charge in [-0.2, -0.15) is 0 Å². The van der Waals surface area contributed by atoms with Gasteiger partial charge in [0.1, 0.15) is 5.82 Å². The number of fused-ring (bicyclic) bond motifs is 1. The molecule has 1 unspecified atom stereocenters. The van der Waals surface area contributed by atoms with E-state index >= 15 is 4.39 Å². The lowest BCUT2D eigenvalue weighted by molar-refractivity contribution is -0.233. The number of carbonyl (C=O) groups excluding carboxylic acids is 2. The number of likely N-dealkylation sites (tertiary alicyclic amines) is 1. The third kappa shape index (κ3) is 5.89. The zero-order valence-corrected chi connectivity index (χ0v) is 25.5. The van der Waals surface area contributed by atoms with E-state index in [-0.39, 0.29) is 28.8 Å². The summed E-state index contributed by atoms with van der Waals surface area (Å²) in [7, 11) is 0. The Kier molecular flexibility index (Phi) is 8.82. The minimum Gasteiger partial charge on any atom is -0.481 e. The van der Waals surface area contributed by atoms with Gasteiger partial charge in [-0.1, -0.05) is 29.8 Å². The minimum absolute atomic E-state index is 0.0702. The molecule has 0 spiro atoms. The predicted octanol–water partition coefficient (Wildman–Crippen LogP) is 6.32. The molecule has 2 aliphatic rings. The van der Waals surface area contributed by atoms with Gasteiger partial charge in [0, 0.05) is 47.4 Å². The van der Waals surface area contributed by atoms with Crippen molar-refractivity contribution in [2.24, 2.45) is 5.92 Å². The van der Waals surface area contributed by atoms with Crippen molar-refractivity contribution in [1.29, 1.82) is 0 Å². The number of hydrogen-bond acceptors (Lipinski definition) is 7. The molecule has 1 aliphatic heterocycles. The van der Waals surface area contributed by atoms with Crippen molar-refractivity contribution < 1.29 is 28.6 Å². The Hall–Kier alpha value is -3.64. The summed E-state index contributed by atoms with van der Waals surface area (Å²) in [6, 6.07) is 10.0. The Morgan fingerprint density at radius 1 is 1.14 bits per heavy atom. The Morgan fingerprint density at radius 3 is 2.59 bits per heavy atom. The highest BCUT2D eigenvalue weighted by molar-refractivity contribution is 7.17. The van der Waals surface area contributed by atoms with E-state index in [4.69, 9.17) is 16.3 Å². The fourth-order valence-corrected chi connectivity index (χ4v) is 7.43. The summed E-state index contributed by atoms with van der Waals surface area (Å²) in [5.74, 6) is -4.33. The SMILES string of the molecule is O=C(Nc1cc(F)c(CC(=O)C(O[C@H]2CC[C@H](C(=O)O)CC2)(N2CCCC2)n2ccnc2)cc1Cl)c1csc2ccccc12. The maximum Gasteiger partial charge on any atom is 0.306 e. The normalized spacial score (nSPS) is 20.4. The molecule has 2 aromatic heterocycles. The Labute approximate surface area is 262 Å². The molecule has 1 aliphatic carbocycles. The van der Waals surface area contributed by atoms with Crippen molar-refractivity contribution in [3.8, 4) is 0 Å². The molecular weight excluding hydrogens is 607 g/mol. The molecule has 3 heterocycles. The summed E-state index contributed by atoms with van der Waals surface area (Å²) in [4.78, 5) is 45.1. The zero-order valence-electron chi connectivity index (χ0n) is 23.9. The van der Waals surface area contributed by atoms with Gasteiger partial charge < -0.3 is 15.2 Å². The first-order valence-corrected chi connectivity index (χ1v) is 15.9. The molecule has 1 amide bonds. The fourth-order valence-electron chi connectivity index (χ4n) is 6.25. The van der Waals surface area contributed by atoms with E-state index in [1.165, 1.54) is 23.7 Å². The summed E-state index contributed by atoms with van der Waals surface area (Å²) in [6.07, 6.45) is 7.67. The smallest absolute Gasteiger partial charge is 0.306 e. The van der Waals surface area contributed by atoms with Crippen LogP contribution in [0.5, 0.6) is 0 Å². The van der Waals surface area contributed by atoms with E-state index < -0.39 is 35.2 Å².